The molecule has 1 aliphatic heterocycles. The second kappa shape index (κ2) is 4.31. The Bertz CT molecular complexity index is 377. The van der Waals surface area contributed by atoms with E-state index in [0.717, 1.165) is 16.9 Å². The van der Waals surface area contributed by atoms with E-state index in [2.05, 4.69) is 10.6 Å². The Kier molecular flexibility index (Phi) is 2.87. The zero-order chi connectivity index (χ0) is 10.7. The number of fused-ring (bicyclic) bond motifs is 1. The summed E-state index contributed by atoms with van der Waals surface area (Å²) >= 11 is 0. The number of rotatable bonds is 1. The molecule has 0 radical (unpaired) electrons. The van der Waals surface area contributed by atoms with Gasteiger partial charge in [-0.3, -0.25) is 4.79 Å². The van der Waals surface area contributed by atoms with Gasteiger partial charge in [0.05, 0.1) is 19.6 Å². The maximum Gasteiger partial charge on any atom is 0.226 e. The van der Waals surface area contributed by atoms with Crippen molar-refractivity contribution < 1.29 is 9.53 Å². The molecule has 0 aliphatic carbocycles. The molecule has 2 N–H and O–H groups in total. The van der Waals surface area contributed by atoms with Gasteiger partial charge in [-0.25, -0.2) is 0 Å². The molecular formula is C11H14N2O2. The first-order valence-electron chi connectivity index (χ1n) is 4.98. The van der Waals surface area contributed by atoms with Crippen molar-refractivity contribution in [1.82, 2.24) is 0 Å². The normalized spacial score (nSPS) is 15.9. The highest BCUT2D eigenvalue weighted by Crippen LogP contribution is 2.23. The van der Waals surface area contributed by atoms with Gasteiger partial charge in [0.25, 0.3) is 0 Å². The summed E-state index contributed by atoms with van der Waals surface area (Å²) in [6, 6.07) is 5.85. The lowest BCUT2D eigenvalue weighted by Crippen LogP contribution is -2.18. The fraction of sp³-hybridized carbons (Fsp3) is 0.364. The Morgan fingerprint density at radius 2 is 2.33 bits per heavy atom. The molecule has 2 rings (SSSR count). The van der Waals surface area contributed by atoms with Crippen LogP contribution in [-0.2, 0) is 16.1 Å². The van der Waals surface area contributed by atoms with E-state index in [1.807, 2.05) is 25.2 Å². The molecule has 1 heterocycles. The summed E-state index contributed by atoms with van der Waals surface area (Å²) in [6.07, 6.45) is 0.420. The minimum atomic E-state index is 0.00389. The second-order valence-corrected chi connectivity index (χ2v) is 3.47. The number of nitrogens with one attached hydrogen (secondary N) is 2. The van der Waals surface area contributed by atoms with Crippen molar-refractivity contribution in [3.05, 3.63) is 23.8 Å². The number of anilines is 2. The van der Waals surface area contributed by atoms with Crippen molar-refractivity contribution in [3.63, 3.8) is 0 Å². The van der Waals surface area contributed by atoms with Gasteiger partial charge in [0, 0.05) is 24.0 Å². The third kappa shape index (κ3) is 2.27. The predicted octanol–water partition coefficient (Wildman–Crippen LogP) is 1.59. The number of ether oxygens (including phenoxy) is 1. The smallest absolute Gasteiger partial charge is 0.226 e. The predicted molar refractivity (Wildman–Crippen MR) is 58.9 cm³/mol. The molecule has 15 heavy (non-hydrogen) atoms. The van der Waals surface area contributed by atoms with Crippen LogP contribution in [0.5, 0.6) is 0 Å². The minimum Gasteiger partial charge on any atom is -0.388 e. The molecule has 0 fully saturated rings. The van der Waals surface area contributed by atoms with E-state index in [9.17, 15) is 4.79 Å². The van der Waals surface area contributed by atoms with Crippen LogP contribution < -0.4 is 10.6 Å². The van der Waals surface area contributed by atoms with Gasteiger partial charge in [-0.05, 0) is 12.1 Å². The van der Waals surface area contributed by atoms with Crippen molar-refractivity contribution in [3.8, 4) is 0 Å². The van der Waals surface area contributed by atoms with Crippen LogP contribution in [-0.4, -0.2) is 19.6 Å². The summed E-state index contributed by atoms with van der Waals surface area (Å²) in [6.45, 7) is 1.04. The number of amides is 1. The maximum absolute atomic E-state index is 11.4. The van der Waals surface area contributed by atoms with Crippen molar-refractivity contribution >= 4 is 17.3 Å². The quantitative estimate of drug-likeness (QED) is 0.733. The van der Waals surface area contributed by atoms with Gasteiger partial charge >= 0.3 is 0 Å². The van der Waals surface area contributed by atoms with E-state index in [1.54, 1.807) is 0 Å². The monoisotopic (exact) mass is 206 g/mol. The molecule has 1 aromatic carbocycles. The lowest BCUT2D eigenvalue weighted by molar-refractivity contribution is -0.117. The number of hydrogen-bond acceptors (Lipinski definition) is 3. The third-order valence-corrected chi connectivity index (χ3v) is 2.40. The van der Waals surface area contributed by atoms with E-state index in [0.29, 0.717) is 19.6 Å². The van der Waals surface area contributed by atoms with Gasteiger partial charge in [-0.15, -0.1) is 0 Å². The fourth-order valence-corrected chi connectivity index (χ4v) is 1.53. The summed E-state index contributed by atoms with van der Waals surface area (Å²) in [5.41, 5.74) is 2.84. The molecule has 0 saturated heterocycles. The van der Waals surface area contributed by atoms with E-state index >= 15 is 0 Å². The summed E-state index contributed by atoms with van der Waals surface area (Å²) in [4.78, 5) is 11.4. The van der Waals surface area contributed by atoms with Crippen LogP contribution in [0.3, 0.4) is 0 Å². The van der Waals surface area contributed by atoms with Gasteiger partial charge in [0.1, 0.15) is 0 Å². The molecule has 4 heteroatoms. The lowest BCUT2D eigenvalue weighted by Gasteiger charge is -2.16. The Labute approximate surface area is 88.6 Å². The lowest BCUT2D eigenvalue weighted by atomic mass is 10.1. The highest BCUT2D eigenvalue weighted by atomic mass is 16.5. The third-order valence-electron chi connectivity index (χ3n) is 2.40. The van der Waals surface area contributed by atoms with E-state index in [1.165, 1.54) is 0 Å². The Hall–Kier alpha value is -1.55. The number of benzene rings is 1. The zero-order valence-corrected chi connectivity index (χ0v) is 8.67. The van der Waals surface area contributed by atoms with Crippen molar-refractivity contribution in [2.75, 3.05) is 24.3 Å². The Morgan fingerprint density at radius 3 is 3.13 bits per heavy atom. The molecule has 0 unspecified atom stereocenters. The highest BCUT2D eigenvalue weighted by molar-refractivity contribution is 5.92. The zero-order valence-electron chi connectivity index (χ0n) is 8.67. The Balaban J connectivity index is 2.32. The first-order chi connectivity index (χ1) is 7.29. The number of hydrogen-bond donors (Lipinski definition) is 2. The average Bonchev–Trinajstić information content (AvgIpc) is 2.22. The molecule has 0 aromatic heterocycles. The van der Waals surface area contributed by atoms with Crippen LogP contribution in [0.15, 0.2) is 18.2 Å². The second-order valence-electron chi connectivity index (χ2n) is 3.47. The molecule has 1 aliphatic rings. The Morgan fingerprint density at radius 1 is 1.47 bits per heavy atom. The van der Waals surface area contributed by atoms with Crippen LogP contribution in [0, 0.1) is 0 Å². The van der Waals surface area contributed by atoms with Gasteiger partial charge < -0.3 is 15.4 Å². The highest BCUT2D eigenvalue weighted by Gasteiger charge is 2.11. The van der Waals surface area contributed by atoms with Crippen LogP contribution in [0.2, 0.25) is 0 Å². The maximum atomic E-state index is 11.4. The van der Waals surface area contributed by atoms with Gasteiger partial charge in [-0.2, -0.15) is 0 Å². The largest absolute Gasteiger partial charge is 0.388 e. The van der Waals surface area contributed by atoms with Crippen molar-refractivity contribution in [2.24, 2.45) is 0 Å². The van der Waals surface area contributed by atoms with Gasteiger partial charge in [0.15, 0.2) is 0 Å². The topological polar surface area (TPSA) is 50.4 Å². The molecule has 0 atom stereocenters. The average molecular weight is 206 g/mol. The summed E-state index contributed by atoms with van der Waals surface area (Å²) in [7, 11) is 1.85. The van der Waals surface area contributed by atoms with Crippen LogP contribution in [0.1, 0.15) is 12.0 Å². The van der Waals surface area contributed by atoms with Crippen LogP contribution in [0.25, 0.3) is 0 Å². The molecule has 0 spiro atoms. The number of carbonyl (C=O) groups is 1. The number of carbonyl (C=O) groups excluding carboxylic acids is 1. The molecule has 0 bridgehead atoms. The van der Waals surface area contributed by atoms with Crippen LogP contribution >= 0.6 is 0 Å². The van der Waals surface area contributed by atoms with E-state index < -0.39 is 0 Å². The molecule has 80 valence electrons. The van der Waals surface area contributed by atoms with Crippen molar-refractivity contribution in [1.29, 1.82) is 0 Å². The fourth-order valence-electron chi connectivity index (χ4n) is 1.53. The molecule has 1 amide bonds. The molecule has 4 nitrogen and oxygen atoms in total. The molecular weight excluding hydrogens is 192 g/mol. The van der Waals surface area contributed by atoms with Gasteiger partial charge in [0.2, 0.25) is 5.91 Å². The summed E-state index contributed by atoms with van der Waals surface area (Å²) in [5.74, 6) is 0.00389. The van der Waals surface area contributed by atoms with Crippen LogP contribution in [0.4, 0.5) is 11.4 Å². The SMILES string of the molecule is CNc1ccc2c(c1)NC(=O)CCOC2. The summed E-state index contributed by atoms with van der Waals surface area (Å²) in [5, 5.41) is 5.91. The van der Waals surface area contributed by atoms with E-state index in [-0.39, 0.29) is 5.91 Å². The standard InChI is InChI=1S/C11H14N2O2/c1-12-9-3-2-8-7-15-5-4-11(14)13-10(8)6-9/h2-3,6,12H,4-5,7H2,1H3,(H,13,14). The first-order valence-corrected chi connectivity index (χ1v) is 4.98. The minimum absolute atomic E-state index is 0.00389. The summed E-state index contributed by atoms with van der Waals surface area (Å²) < 4.78 is 5.36. The first kappa shape index (κ1) is 9.98. The molecule has 1 aromatic rings. The van der Waals surface area contributed by atoms with Gasteiger partial charge in [-0.1, -0.05) is 6.07 Å². The molecule has 0 saturated carbocycles. The van der Waals surface area contributed by atoms with Crippen molar-refractivity contribution in [2.45, 2.75) is 13.0 Å². The van der Waals surface area contributed by atoms with E-state index in [4.69, 9.17) is 4.74 Å².